The van der Waals surface area contributed by atoms with Crippen LogP contribution in [0.15, 0.2) is 53.6 Å². The van der Waals surface area contributed by atoms with Gasteiger partial charge < -0.3 is 0 Å². The number of anilines is 1. The fourth-order valence-corrected chi connectivity index (χ4v) is 4.60. The van der Waals surface area contributed by atoms with E-state index in [1.807, 2.05) is 6.92 Å². The smallest absolute Gasteiger partial charge is 0.257 e. The average Bonchev–Trinajstić information content (AvgIpc) is 3.03. The third-order valence-electron chi connectivity index (χ3n) is 3.87. The Kier molecular flexibility index (Phi) is 5.64. The molecule has 0 atom stereocenters. The van der Waals surface area contributed by atoms with Crippen LogP contribution in [0.2, 0.25) is 5.02 Å². The van der Waals surface area contributed by atoms with Gasteiger partial charge in [-0.3, -0.25) is 10.1 Å². The Labute approximate surface area is 167 Å². The first kappa shape index (κ1) is 19.5. The van der Waals surface area contributed by atoms with E-state index in [4.69, 9.17) is 11.6 Å². The molecule has 8 heteroatoms. The van der Waals surface area contributed by atoms with Crippen molar-refractivity contribution in [1.29, 1.82) is 0 Å². The van der Waals surface area contributed by atoms with Gasteiger partial charge in [0.1, 0.15) is 0 Å². The Morgan fingerprint density at radius 1 is 1.19 bits per heavy atom. The van der Waals surface area contributed by atoms with Crippen molar-refractivity contribution in [2.45, 2.75) is 18.2 Å². The van der Waals surface area contributed by atoms with Crippen LogP contribution in [0.1, 0.15) is 26.4 Å². The van der Waals surface area contributed by atoms with Gasteiger partial charge in [-0.2, -0.15) is 0 Å². The molecule has 1 aromatic heterocycles. The van der Waals surface area contributed by atoms with Crippen molar-refractivity contribution in [2.75, 3.05) is 11.6 Å². The van der Waals surface area contributed by atoms with E-state index in [0.717, 1.165) is 23.1 Å². The van der Waals surface area contributed by atoms with Crippen LogP contribution < -0.4 is 5.32 Å². The predicted octanol–water partition coefficient (Wildman–Crippen LogP) is 4.35. The third-order valence-corrected chi connectivity index (χ3v) is 6.36. The van der Waals surface area contributed by atoms with E-state index in [0.29, 0.717) is 5.13 Å². The standard InChI is InChI=1S/C19H17ClN2O3S2/c1-12-3-5-13(6-4-12)9-15-11-21-19(26-15)22-18(23)14-7-8-16(20)17(10-14)27(2,24)25/h3-8,10-11H,9H2,1-2H3,(H,21,22,23). The lowest BCUT2D eigenvalue weighted by molar-refractivity contribution is 0.102. The number of aromatic nitrogens is 1. The molecular formula is C19H17ClN2O3S2. The number of nitrogens with zero attached hydrogens (tertiary/aromatic N) is 1. The van der Waals surface area contributed by atoms with E-state index < -0.39 is 15.7 Å². The summed E-state index contributed by atoms with van der Waals surface area (Å²) in [6.07, 6.45) is 3.50. The molecule has 27 heavy (non-hydrogen) atoms. The number of hydrogen-bond donors (Lipinski definition) is 1. The van der Waals surface area contributed by atoms with Crippen molar-refractivity contribution in [3.63, 3.8) is 0 Å². The number of carbonyl (C=O) groups excluding carboxylic acids is 1. The van der Waals surface area contributed by atoms with Gasteiger partial charge in [0, 0.05) is 29.3 Å². The van der Waals surface area contributed by atoms with Crippen molar-refractivity contribution in [3.05, 3.63) is 75.3 Å². The lowest BCUT2D eigenvalue weighted by Crippen LogP contribution is -2.12. The zero-order valence-corrected chi connectivity index (χ0v) is 17.1. The van der Waals surface area contributed by atoms with Crippen LogP contribution in [0.4, 0.5) is 5.13 Å². The minimum Gasteiger partial charge on any atom is -0.298 e. The van der Waals surface area contributed by atoms with Crippen LogP contribution in [0.5, 0.6) is 0 Å². The molecule has 0 radical (unpaired) electrons. The summed E-state index contributed by atoms with van der Waals surface area (Å²) in [7, 11) is -3.52. The average molecular weight is 421 g/mol. The van der Waals surface area contributed by atoms with Crippen molar-refractivity contribution >= 4 is 43.8 Å². The number of hydrogen-bond acceptors (Lipinski definition) is 5. The van der Waals surface area contributed by atoms with Crippen LogP contribution in [-0.4, -0.2) is 25.6 Å². The first-order valence-electron chi connectivity index (χ1n) is 8.03. The highest BCUT2D eigenvalue weighted by molar-refractivity contribution is 7.90. The number of aryl methyl sites for hydroxylation is 1. The molecule has 2 aromatic carbocycles. The number of sulfone groups is 1. The summed E-state index contributed by atoms with van der Waals surface area (Å²) in [4.78, 5) is 17.6. The summed E-state index contributed by atoms with van der Waals surface area (Å²) in [6.45, 7) is 2.04. The first-order valence-corrected chi connectivity index (χ1v) is 11.1. The SMILES string of the molecule is Cc1ccc(Cc2cnc(NC(=O)c3ccc(Cl)c(S(C)(=O)=O)c3)s2)cc1. The second-order valence-electron chi connectivity index (χ2n) is 6.17. The monoisotopic (exact) mass is 420 g/mol. The van der Waals surface area contributed by atoms with Crippen LogP contribution in [0, 0.1) is 6.92 Å². The number of carbonyl (C=O) groups is 1. The van der Waals surface area contributed by atoms with Crippen LogP contribution >= 0.6 is 22.9 Å². The fraction of sp³-hybridized carbons (Fsp3) is 0.158. The predicted molar refractivity (Wildman–Crippen MR) is 109 cm³/mol. The summed E-state index contributed by atoms with van der Waals surface area (Å²) in [5.74, 6) is -0.437. The number of amides is 1. The van der Waals surface area contributed by atoms with Crippen molar-refractivity contribution in [2.24, 2.45) is 0 Å². The molecule has 0 aliphatic rings. The Balaban J connectivity index is 1.73. The molecule has 5 nitrogen and oxygen atoms in total. The molecular weight excluding hydrogens is 404 g/mol. The normalized spacial score (nSPS) is 11.4. The maximum atomic E-state index is 12.4. The summed E-state index contributed by atoms with van der Waals surface area (Å²) < 4.78 is 23.5. The summed E-state index contributed by atoms with van der Waals surface area (Å²) in [5, 5.41) is 3.25. The zero-order valence-electron chi connectivity index (χ0n) is 14.7. The van der Waals surface area contributed by atoms with E-state index >= 15 is 0 Å². The molecule has 3 rings (SSSR count). The Morgan fingerprint density at radius 2 is 1.89 bits per heavy atom. The molecule has 1 N–H and O–H groups in total. The van der Waals surface area contributed by atoms with E-state index in [9.17, 15) is 13.2 Å². The number of rotatable bonds is 5. The summed E-state index contributed by atoms with van der Waals surface area (Å²) >= 11 is 7.30. The number of nitrogens with one attached hydrogen (secondary N) is 1. The molecule has 1 heterocycles. The minimum atomic E-state index is -3.52. The Morgan fingerprint density at radius 3 is 2.56 bits per heavy atom. The number of benzene rings is 2. The first-order chi connectivity index (χ1) is 12.7. The maximum absolute atomic E-state index is 12.4. The topological polar surface area (TPSA) is 76.1 Å². The quantitative estimate of drug-likeness (QED) is 0.665. The molecule has 140 valence electrons. The van der Waals surface area contributed by atoms with E-state index in [1.165, 1.54) is 35.1 Å². The molecule has 0 bridgehead atoms. The molecule has 0 saturated heterocycles. The molecule has 0 unspecified atom stereocenters. The molecule has 1 amide bonds. The van der Waals surface area contributed by atoms with E-state index in [-0.39, 0.29) is 15.5 Å². The summed E-state index contributed by atoms with van der Waals surface area (Å²) in [5.41, 5.74) is 2.57. The molecule has 3 aromatic rings. The van der Waals surface area contributed by atoms with Gasteiger partial charge in [0.2, 0.25) is 0 Å². The van der Waals surface area contributed by atoms with Crippen LogP contribution in [0.25, 0.3) is 0 Å². The molecule has 0 fully saturated rings. The van der Waals surface area contributed by atoms with Gasteiger partial charge in [0.25, 0.3) is 5.91 Å². The van der Waals surface area contributed by atoms with E-state index in [1.54, 1.807) is 6.20 Å². The molecule has 0 spiro atoms. The summed E-state index contributed by atoms with van der Waals surface area (Å²) in [6, 6.07) is 12.4. The van der Waals surface area contributed by atoms with Crippen molar-refractivity contribution in [3.8, 4) is 0 Å². The Bertz CT molecular complexity index is 1090. The lowest BCUT2D eigenvalue weighted by atomic mass is 10.1. The largest absolute Gasteiger partial charge is 0.298 e. The zero-order chi connectivity index (χ0) is 19.6. The second-order valence-corrected chi connectivity index (χ2v) is 9.67. The Hall–Kier alpha value is -2.22. The van der Waals surface area contributed by atoms with Gasteiger partial charge >= 0.3 is 0 Å². The minimum absolute atomic E-state index is 0.0731. The maximum Gasteiger partial charge on any atom is 0.257 e. The lowest BCUT2D eigenvalue weighted by Gasteiger charge is -2.06. The van der Waals surface area contributed by atoms with Gasteiger partial charge in [0.15, 0.2) is 15.0 Å². The van der Waals surface area contributed by atoms with Crippen LogP contribution in [0.3, 0.4) is 0 Å². The van der Waals surface area contributed by atoms with Crippen molar-refractivity contribution < 1.29 is 13.2 Å². The number of halogens is 1. The van der Waals surface area contributed by atoms with Gasteiger partial charge in [-0.05, 0) is 30.7 Å². The van der Waals surface area contributed by atoms with Gasteiger partial charge in [-0.15, -0.1) is 11.3 Å². The highest BCUT2D eigenvalue weighted by Gasteiger charge is 2.16. The van der Waals surface area contributed by atoms with Crippen LogP contribution in [-0.2, 0) is 16.3 Å². The van der Waals surface area contributed by atoms with E-state index in [2.05, 4.69) is 34.6 Å². The van der Waals surface area contributed by atoms with Gasteiger partial charge in [-0.1, -0.05) is 41.4 Å². The third kappa shape index (κ3) is 4.94. The van der Waals surface area contributed by atoms with Gasteiger partial charge in [0.05, 0.1) is 9.92 Å². The van der Waals surface area contributed by atoms with Crippen molar-refractivity contribution in [1.82, 2.24) is 4.98 Å². The fourth-order valence-electron chi connectivity index (χ4n) is 2.45. The molecule has 0 saturated carbocycles. The second kappa shape index (κ2) is 7.80. The van der Waals surface area contributed by atoms with Gasteiger partial charge in [-0.25, -0.2) is 13.4 Å². The number of thiazole rings is 1. The molecule has 0 aliphatic heterocycles. The highest BCUT2D eigenvalue weighted by Crippen LogP contribution is 2.25. The molecule has 0 aliphatic carbocycles. The highest BCUT2D eigenvalue weighted by atomic mass is 35.5.